The molecule has 180 valence electrons. The molecule has 2 aromatic heterocycles. The number of nitrogens with two attached hydrogens (primary N) is 1. The smallest absolute Gasteiger partial charge is 0.343 e. The van der Waals surface area contributed by atoms with E-state index in [0.29, 0.717) is 6.54 Å². The van der Waals surface area contributed by atoms with E-state index in [0.717, 1.165) is 39.0 Å². The fraction of sp³-hybridized carbons (Fsp3) is 0.321. The van der Waals surface area contributed by atoms with Crippen LogP contribution >= 0.6 is 0 Å². The molecular formula is C28H29N3O4. The number of primary amides is 1. The van der Waals surface area contributed by atoms with Gasteiger partial charge in [0.05, 0.1) is 30.5 Å². The van der Waals surface area contributed by atoms with Crippen LogP contribution in [0.1, 0.15) is 56.1 Å². The molecule has 2 N–H and O–H groups in total. The van der Waals surface area contributed by atoms with Crippen LogP contribution in [0.2, 0.25) is 0 Å². The van der Waals surface area contributed by atoms with Gasteiger partial charge in [0, 0.05) is 29.7 Å². The van der Waals surface area contributed by atoms with Crippen molar-refractivity contribution in [1.82, 2.24) is 9.13 Å². The molecule has 0 saturated heterocycles. The molecule has 1 aromatic carbocycles. The van der Waals surface area contributed by atoms with Crippen LogP contribution in [-0.4, -0.2) is 27.6 Å². The van der Waals surface area contributed by atoms with Crippen LogP contribution in [0.15, 0.2) is 59.0 Å². The quantitative estimate of drug-likeness (QED) is 0.556. The molecule has 7 nitrogen and oxygen atoms in total. The largest absolute Gasteiger partial charge is 0.462 e. The van der Waals surface area contributed by atoms with Crippen molar-refractivity contribution < 1.29 is 14.3 Å². The maximum Gasteiger partial charge on any atom is 0.343 e. The van der Waals surface area contributed by atoms with Gasteiger partial charge >= 0.3 is 5.97 Å². The molecule has 0 radical (unpaired) electrons. The number of allylic oxidation sites excluding steroid dienone is 3. The van der Waals surface area contributed by atoms with E-state index in [2.05, 4.69) is 42.0 Å². The highest BCUT2D eigenvalue weighted by atomic mass is 16.5. The Bertz CT molecular complexity index is 1510. The van der Waals surface area contributed by atoms with Gasteiger partial charge in [0.1, 0.15) is 5.56 Å². The second-order valence-corrected chi connectivity index (χ2v) is 10.2. The molecule has 1 unspecified atom stereocenters. The number of rotatable bonds is 5. The Morgan fingerprint density at radius 3 is 2.54 bits per heavy atom. The highest BCUT2D eigenvalue weighted by Gasteiger charge is 2.35. The minimum absolute atomic E-state index is 0.00581. The van der Waals surface area contributed by atoms with Gasteiger partial charge < -0.3 is 19.6 Å². The monoisotopic (exact) mass is 471 g/mol. The number of ether oxygens (including phenoxy) is 1. The van der Waals surface area contributed by atoms with Gasteiger partial charge in [0.2, 0.25) is 5.91 Å². The third-order valence-electron chi connectivity index (χ3n) is 6.93. The van der Waals surface area contributed by atoms with Gasteiger partial charge in [-0.3, -0.25) is 9.59 Å². The average molecular weight is 472 g/mol. The summed E-state index contributed by atoms with van der Waals surface area (Å²) in [5.41, 5.74) is 10.7. The Balaban J connectivity index is 1.74. The number of aromatic nitrogens is 2. The first-order valence-corrected chi connectivity index (χ1v) is 11.9. The van der Waals surface area contributed by atoms with E-state index in [9.17, 15) is 14.4 Å². The summed E-state index contributed by atoms with van der Waals surface area (Å²) in [7, 11) is 0. The van der Waals surface area contributed by atoms with Crippen LogP contribution in [0.25, 0.3) is 27.9 Å². The van der Waals surface area contributed by atoms with E-state index >= 15 is 0 Å². The molecule has 0 bridgehead atoms. The maximum atomic E-state index is 13.0. The maximum absolute atomic E-state index is 13.0. The number of carbonyl (C=O) groups excluding carboxylic acids is 2. The molecule has 1 amide bonds. The van der Waals surface area contributed by atoms with E-state index < -0.39 is 5.97 Å². The number of benzene rings is 1. The van der Waals surface area contributed by atoms with Gasteiger partial charge in [-0.2, -0.15) is 0 Å². The number of carbonyl (C=O) groups is 2. The van der Waals surface area contributed by atoms with Gasteiger partial charge in [-0.05, 0) is 41.2 Å². The van der Waals surface area contributed by atoms with Gasteiger partial charge in [-0.25, -0.2) is 4.79 Å². The van der Waals surface area contributed by atoms with Crippen LogP contribution in [-0.2, 0) is 16.1 Å². The van der Waals surface area contributed by atoms with Gasteiger partial charge in [-0.1, -0.05) is 45.1 Å². The standard InChI is InChI=1S/C28H29N3O4/c1-5-35-27(34)20-14-31-23(13-24(20)32)22-12-19-18(17-10-9-16(17)11-26(29)33)7-6-8-21(19)30(22)15-25(31)28(2,3)4/h6-10,12-14,25H,5,11,15H2,1-4H3,(H2,29,33). The molecule has 1 aliphatic carbocycles. The van der Waals surface area contributed by atoms with Crippen molar-refractivity contribution in [3.8, 4) is 11.4 Å². The van der Waals surface area contributed by atoms with Crippen molar-refractivity contribution in [2.24, 2.45) is 11.1 Å². The molecule has 3 aromatic rings. The first kappa shape index (κ1) is 22.9. The first-order chi connectivity index (χ1) is 16.6. The predicted molar refractivity (Wildman–Crippen MR) is 136 cm³/mol. The zero-order chi connectivity index (χ0) is 25.1. The molecule has 7 heteroatoms. The van der Waals surface area contributed by atoms with Crippen molar-refractivity contribution in [2.75, 3.05) is 6.61 Å². The van der Waals surface area contributed by atoms with Crippen LogP contribution in [0.3, 0.4) is 0 Å². The van der Waals surface area contributed by atoms with Crippen molar-refractivity contribution in [1.29, 1.82) is 0 Å². The van der Waals surface area contributed by atoms with E-state index in [4.69, 9.17) is 10.5 Å². The van der Waals surface area contributed by atoms with Gasteiger partial charge in [0.25, 0.3) is 0 Å². The van der Waals surface area contributed by atoms with Crippen LogP contribution < -0.4 is 11.2 Å². The second kappa shape index (κ2) is 8.12. The Hall–Kier alpha value is -3.87. The van der Waals surface area contributed by atoms with Crippen molar-refractivity contribution in [3.05, 3.63) is 75.6 Å². The molecule has 5 rings (SSSR count). The van der Waals surface area contributed by atoms with Gasteiger partial charge in [-0.15, -0.1) is 0 Å². The highest BCUT2D eigenvalue weighted by Crippen LogP contribution is 2.44. The fourth-order valence-electron chi connectivity index (χ4n) is 5.14. The summed E-state index contributed by atoms with van der Waals surface area (Å²) in [5, 5.41) is 1.05. The predicted octanol–water partition coefficient (Wildman–Crippen LogP) is 4.45. The van der Waals surface area contributed by atoms with E-state index in [1.165, 1.54) is 0 Å². The number of esters is 1. The molecule has 0 fully saturated rings. The zero-order valence-corrected chi connectivity index (χ0v) is 20.4. The summed E-state index contributed by atoms with van der Waals surface area (Å²) in [6, 6.07) is 9.80. The summed E-state index contributed by atoms with van der Waals surface area (Å²) in [6.07, 6.45) is 5.80. The highest BCUT2D eigenvalue weighted by molar-refractivity contribution is 6.02. The zero-order valence-electron chi connectivity index (χ0n) is 20.4. The van der Waals surface area contributed by atoms with Gasteiger partial charge in [0.15, 0.2) is 5.43 Å². The summed E-state index contributed by atoms with van der Waals surface area (Å²) >= 11 is 0. The second-order valence-electron chi connectivity index (χ2n) is 10.2. The summed E-state index contributed by atoms with van der Waals surface area (Å²) < 4.78 is 9.45. The van der Waals surface area contributed by atoms with E-state index in [1.807, 2.05) is 24.3 Å². The third-order valence-corrected chi connectivity index (χ3v) is 6.93. The topological polar surface area (TPSA) is 96.3 Å². The summed E-state index contributed by atoms with van der Waals surface area (Å²) in [4.78, 5) is 37.0. The van der Waals surface area contributed by atoms with E-state index in [1.54, 1.807) is 19.2 Å². The normalized spacial score (nSPS) is 16.6. The molecule has 1 aliphatic heterocycles. The molecule has 2 aliphatic rings. The molecule has 35 heavy (non-hydrogen) atoms. The number of hydrogen-bond donors (Lipinski definition) is 1. The van der Waals surface area contributed by atoms with Crippen LogP contribution in [0.4, 0.5) is 0 Å². The number of nitrogens with zero attached hydrogens (tertiary/aromatic N) is 2. The number of amides is 1. The Morgan fingerprint density at radius 2 is 1.91 bits per heavy atom. The van der Waals surface area contributed by atoms with Crippen LogP contribution in [0, 0.1) is 5.41 Å². The molecule has 3 heterocycles. The SMILES string of the molecule is CCOC(=O)c1cn2c(cc1=O)-c1cc3c(C4=C(CC(N)=O)C=C4)cccc3n1CC2C(C)(C)C. The molecular weight excluding hydrogens is 442 g/mol. The molecule has 0 saturated carbocycles. The number of hydrogen-bond acceptors (Lipinski definition) is 4. The third kappa shape index (κ3) is 3.71. The summed E-state index contributed by atoms with van der Waals surface area (Å²) in [6.45, 7) is 9.10. The fourth-order valence-corrected chi connectivity index (χ4v) is 5.14. The Labute approximate surface area is 203 Å². The lowest BCUT2D eigenvalue weighted by molar-refractivity contribution is -0.117. The number of fused-ring (bicyclic) bond motifs is 5. The van der Waals surface area contributed by atoms with Crippen molar-refractivity contribution in [2.45, 2.75) is 46.7 Å². The lowest BCUT2D eigenvalue weighted by atomic mass is 9.85. The average Bonchev–Trinajstić information content (AvgIpc) is 3.15. The number of pyridine rings is 1. The Kier molecular flexibility index (Phi) is 5.31. The minimum Gasteiger partial charge on any atom is -0.462 e. The lowest BCUT2D eigenvalue weighted by Crippen LogP contribution is -2.35. The molecule has 1 atom stereocenters. The van der Waals surface area contributed by atoms with E-state index in [-0.39, 0.29) is 41.4 Å². The van der Waals surface area contributed by atoms with Crippen LogP contribution in [0.5, 0.6) is 0 Å². The lowest BCUT2D eigenvalue weighted by Gasteiger charge is -2.39. The summed E-state index contributed by atoms with van der Waals surface area (Å²) in [5.74, 6) is -0.955. The molecule has 0 spiro atoms. The van der Waals surface area contributed by atoms with Crippen molar-refractivity contribution >= 4 is 28.4 Å². The minimum atomic E-state index is -0.598. The Morgan fingerprint density at radius 1 is 1.14 bits per heavy atom. The first-order valence-electron chi connectivity index (χ1n) is 11.9. The van der Waals surface area contributed by atoms with Crippen molar-refractivity contribution in [3.63, 3.8) is 0 Å².